The fourth-order valence-electron chi connectivity index (χ4n) is 1.75. The minimum absolute atomic E-state index is 0.108. The zero-order valence-electron chi connectivity index (χ0n) is 11.9. The van der Waals surface area contributed by atoms with Crippen molar-refractivity contribution in [3.05, 3.63) is 28.8 Å². The Kier molecular flexibility index (Phi) is 6.91. The molecule has 5 nitrogen and oxygen atoms in total. The van der Waals surface area contributed by atoms with E-state index in [-0.39, 0.29) is 16.0 Å². The number of rotatable bonds is 8. The van der Waals surface area contributed by atoms with E-state index >= 15 is 0 Å². The van der Waals surface area contributed by atoms with Crippen molar-refractivity contribution >= 4 is 21.6 Å². The quantitative estimate of drug-likeness (QED) is 0.766. The second kappa shape index (κ2) is 7.95. The lowest BCUT2D eigenvalue weighted by molar-refractivity contribution is 0.188. The number of ether oxygens (including phenoxy) is 1. The van der Waals surface area contributed by atoms with Gasteiger partial charge < -0.3 is 10.1 Å². The molecular weight excluding hydrogens is 300 g/mol. The van der Waals surface area contributed by atoms with Crippen molar-refractivity contribution in [1.29, 1.82) is 0 Å². The molecule has 0 spiro atoms. The molecule has 2 N–H and O–H groups in total. The number of benzene rings is 1. The summed E-state index contributed by atoms with van der Waals surface area (Å²) in [5.74, 6) is 0. The predicted octanol–water partition coefficient (Wildman–Crippen LogP) is 1.76. The zero-order valence-corrected chi connectivity index (χ0v) is 13.5. The molecule has 0 aliphatic heterocycles. The molecule has 114 valence electrons. The number of hydrogen-bond donors (Lipinski definition) is 2. The molecule has 1 aromatic rings. The number of sulfonamides is 1. The Bertz CT molecular complexity index is 534. The van der Waals surface area contributed by atoms with Crippen molar-refractivity contribution in [2.75, 3.05) is 20.8 Å². The monoisotopic (exact) mass is 320 g/mol. The normalized spacial score (nSPS) is 13.4. The van der Waals surface area contributed by atoms with Gasteiger partial charge in [-0.05, 0) is 38.1 Å². The van der Waals surface area contributed by atoms with Crippen LogP contribution in [0.4, 0.5) is 0 Å². The smallest absolute Gasteiger partial charge is 0.242 e. The molecule has 0 saturated carbocycles. The summed E-state index contributed by atoms with van der Waals surface area (Å²) in [5, 5.41) is 3.19. The van der Waals surface area contributed by atoms with Crippen LogP contribution in [0.3, 0.4) is 0 Å². The Hall–Kier alpha value is -0.660. The summed E-state index contributed by atoms with van der Waals surface area (Å²) in [6, 6.07) is 4.77. The second-order valence-corrected chi connectivity index (χ2v) is 6.69. The van der Waals surface area contributed by atoms with Crippen LogP contribution in [0.2, 0.25) is 5.02 Å². The topological polar surface area (TPSA) is 67.4 Å². The largest absolute Gasteiger partial charge is 0.385 e. The van der Waals surface area contributed by atoms with E-state index in [9.17, 15) is 8.42 Å². The third kappa shape index (κ3) is 5.03. The van der Waals surface area contributed by atoms with Crippen LogP contribution in [0.15, 0.2) is 23.1 Å². The molecule has 0 heterocycles. The zero-order chi connectivity index (χ0) is 15.2. The van der Waals surface area contributed by atoms with E-state index < -0.39 is 10.0 Å². The van der Waals surface area contributed by atoms with E-state index in [2.05, 4.69) is 10.0 Å². The number of nitrogens with one attached hydrogen (secondary N) is 2. The molecule has 0 saturated heterocycles. The lowest BCUT2D eigenvalue weighted by atomic mass is 10.2. The highest BCUT2D eigenvalue weighted by Crippen LogP contribution is 2.23. The van der Waals surface area contributed by atoms with Crippen LogP contribution in [0, 0.1) is 0 Å². The van der Waals surface area contributed by atoms with E-state index in [4.69, 9.17) is 16.3 Å². The third-order valence-corrected chi connectivity index (χ3v) is 4.85. The Labute approximate surface area is 125 Å². The van der Waals surface area contributed by atoms with Crippen molar-refractivity contribution in [3.8, 4) is 0 Å². The average molecular weight is 321 g/mol. The Morgan fingerprint density at radius 1 is 1.40 bits per heavy atom. The standard InChI is InChI=1S/C13H21ClN2O3S/c1-10(6-7-19-3)16-20(17,18)13-8-11(9-15-2)4-5-12(13)14/h4-5,8,10,15-16H,6-7,9H2,1-3H3. The molecule has 1 atom stereocenters. The first-order valence-electron chi connectivity index (χ1n) is 6.35. The van der Waals surface area contributed by atoms with Crippen LogP contribution in [-0.4, -0.2) is 35.2 Å². The van der Waals surface area contributed by atoms with Gasteiger partial charge in [0.2, 0.25) is 10.0 Å². The Morgan fingerprint density at radius 2 is 2.10 bits per heavy atom. The van der Waals surface area contributed by atoms with Crippen LogP contribution in [0.5, 0.6) is 0 Å². The van der Waals surface area contributed by atoms with Gasteiger partial charge in [-0.2, -0.15) is 0 Å². The van der Waals surface area contributed by atoms with Crippen molar-refractivity contribution in [1.82, 2.24) is 10.0 Å². The van der Waals surface area contributed by atoms with E-state index in [1.807, 2.05) is 0 Å². The minimum Gasteiger partial charge on any atom is -0.385 e. The third-order valence-electron chi connectivity index (χ3n) is 2.78. The van der Waals surface area contributed by atoms with E-state index in [0.717, 1.165) is 5.56 Å². The van der Waals surface area contributed by atoms with Gasteiger partial charge in [0.1, 0.15) is 4.90 Å². The minimum atomic E-state index is -3.63. The van der Waals surface area contributed by atoms with Gasteiger partial charge in [0.25, 0.3) is 0 Å². The molecule has 1 unspecified atom stereocenters. The first-order valence-corrected chi connectivity index (χ1v) is 8.21. The maximum Gasteiger partial charge on any atom is 0.242 e. The van der Waals surface area contributed by atoms with Gasteiger partial charge in [0.15, 0.2) is 0 Å². The van der Waals surface area contributed by atoms with Crippen LogP contribution in [0.1, 0.15) is 18.9 Å². The lowest BCUT2D eigenvalue weighted by Gasteiger charge is -2.15. The molecule has 20 heavy (non-hydrogen) atoms. The summed E-state index contributed by atoms with van der Waals surface area (Å²) in [6.07, 6.45) is 0.601. The lowest BCUT2D eigenvalue weighted by Crippen LogP contribution is -2.33. The summed E-state index contributed by atoms with van der Waals surface area (Å²) in [7, 11) is -0.245. The van der Waals surface area contributed by atoms with Crippen molar-refractivity contribution in [2.24, 2.45) is 0 Å². The summed E-state index contributed by atoms with van der Waals surface area (Å²) in [5.41, 5.74) is 0.863. The van der Waals surface area contributed by atoms with Crippen molar-refractivity contribution in [2.45, 2.75) is 30.8 Å². The molecule has 0 amide bonds. The van der Waals surface area contributed by atoms with Crippen LogP contribution < -0.4 is 10.0 Å². The molecule has 0 fully saturated rings. The van der Waals surface area contributed by atoms with Crippen LogP contribution in [0.25, 0.3) is 0 Å². The Balaban J connectivity index is 2.93. The van der Waals surface area contributed by atoms with Gasteiger partial charge in [0, 0.05) is 26.3 Å². The van der Waals surface area contributed by atoms with Gasteiger partial charge in [-0.25, -0.2) is 13.1 Å². The number of methoxy groups -OCH3 is 1. The molecule has 1 aromatic carbocycles. The fraction of sp³-hybridized carbons (Fsp3) is 0.538. The summed E-state index contributed by atoms with van der Waals surface area (Å²) < 4.78 is 32.2. The summed E-state index contributed by atoms with van der Waals surface area (Å²) >= 11 is 6.00. The molecule has 0 aromatic heterocycles. The first-order chi connectivity index (χ1) is 9.40. The van der Waals surface area contributed by atoms with E-state index in [0.29, 0.717) is 19.6 Å². The molecule has 0 radical (unpaired) electrons. The Morgan fingerprint density at radius 3 is 2.70 bits per heavy atom. The molecule has 0 aliphatic carbocycles. The van der Waals surface area contributed by atoms with Gasteiger partial charge in [0.05, 0.1) is 5.02 Å². The van der Waals surface area contributed by atoms with Crippen LogP contribution >= 0.6 is 11.6 Å². The van der Waals surface area contributed by atoms with Crippen molar-refractivity contribution in [3.63, 3.8) is 0 Å². The molecule has 0 bridgehead atoms. The number of halogens is 1. The highest BCUT2D eigenvalue weighted by molar-refractivity contribution is 7.89. The van der Waals surface area contributed by atoms with Crippen LogP contribution in [-0.2, 0) is 21.3 Å². The van der Waals surface area contributed by atoms with Gasteiger partial charge in [-0.15, -0.1) is 0 Å². The molecule has 0 aliphatic rings. The van der Waals surface area contributed by atoms with Crippen molar-refractivity contribution < 1.29 is 13.2 Å². The SMILES string of the molecule is CNCc1ccc(Cl)c(S(=O)(=O)NC(C)CCOC)c1. The second-order valence-electron chi connectivity index (χ2n) is 4.60. The summed E-state index contributed by atoms with van der Waals surface area (Å²) in [6.45, 7) is 2.87. The highest BCUT2D eigenvalue weighted by Gasteiger charge is 2.20. The van der Waals surface area contributed by atoms with Gasteiger partial charge in [-0.1, -0.05) is 17.7 Å². The fourth-order valence-corrected chi connectivity index (χ4v) is 3.58. The van der Waals surface area contributed by atoms with E-state index in [1.54, 1.807) is 39.3 Å². The molecule has 7 heteroatoms. The average Bonchev–Trinajstić information content (AvgIpc) is 2.38. The first kappa shape index (κ1) is 17.4. The molecule has 1 rings (SSSR count). The van der Waals surface area contributed by atoms with Gasteiger partial charge >= 0.3 is 0 Å². The maximum absolute atomic E-state index is 12.3. The number of hydrogen-bond acceptors (Lipinski definition) is 4. The maximum atomic E-state index is 12.3. The van der Waals surface area contributed by atoms with E-state index in [1.165, 1.54) is 0 Å². The highest BCUT2D eigenvalue weighted by atomic mass is 35.5. The predicted molar refractivity (Wildman–Crippen MR) is 80.5 cm³/mol. The van der Waals surface area contributed by atoms with Gasteiger partial charge in [-0.3, -0.25) is 0 Å². The summed E-state index contributed by atoms with van der Waals surface area (Å²) in [4.78, 5) is 0.108. The molecular formula is C13H21ClN2O3S.